The van der Waals surface area contributed by atoms with Gasteiger partial charge in [-0.25, -0.2) is 0 Å². The van der Waals surface area contributed by atoms with Gasteiger partial charge in [-0.15, -0.1) is 11.3 Å². The minimum absolute atomic E-state index is 0.220. The molecule has 0 fully saturated rings. The van der Waals surface area contributed by atoms with Crippen molar-refractivity contribution in [2.45, 2.75) is 41.5 Å². The summed E-state index contributed by atoms with van der Waals surface area (Å²) in [5, 5.41) is 2.15. The van der Waals surface area contributed by atoms with Gasteiger partial charge < -0.3 is 0 Å². The Labute approximate surface area is 98.0 Å². The van der Waals surface area contributed by atoms with E-state index in [4.69, 9.17) is 0 Å². The summed E-state index contributed by atoms with van der Waals surface area (Å²) in [4.78, 5) is 1.40. The van der Waals surface area contributed by atoms with Gasteiger partial charge in [0.1, 0.15) is 0 Å². The maximum Gasteiger partial charge on any atom is 0.0304 e. The molecular weight excluding hydrogens is 200 g/mol. The van der Waals surface area contributed by atoms with Crippen LogP contribution in [0.1, 0.15) is 46.4 Å². The predicted octanol–water partition coefficient (Wildman–Crippen LogP) is 5.22. The summed E-state index contributed by atoms with van der Waals surface area (Å²) in [6.45, 7) is 13.6. The number of hydrogen-bond donors (Lipinski definition) is 0. The quantitative estimate of drug-likeness (QED) is 0.611. The Morgan fingerprint density at radius 3 is 2.07 bits per heavy atom. The summed E-state index contributed by atoms with van der Waals surface area (Å²) in [5.41, 5.74) is 1.93. The van der Waals surface area contributed by atoms with Gasteiger partial charge in [0.05, 0.1) is 0 Å². The highest BCUT2D eigenvalue weighted by atomic mass is 32.1. The molecule has 0 spiro atoms. The number of rotatable bonds is 1. The minimum atomic E-state index is 0.220. The van der Waals surface area contributed by atoms with Crippen molar-refractivity contribution < 1.29 is 0 Å². The van der Waals surface area contributed by atoms with Gasteiger partial charge in [0.2, 0.25) is 0 Å². The van der Waals surface area contributed by atoms with E-state index in [0.29, 0.717) is 0 Å². The van der Waals surface area contributed by atoms with Crippen LogP contribution in [0.15, 0.2) is 23.6 Å². The lowest BCUT2D eigenvalue weighted by Crippen LogP contribution is -2.11. The molecule has 0 atom stereocenters. The monoisotopic (exact) mass is 222 g/mol. The summed E-state index contributed by atoms with van der Waals surface area (Å²) in [6.07, 6.45) is 2.40. The molecule has 0 saturated heterocycles. The molecule has 1 aromatic rings. The first-order chi connectivity index (χ1) is 6.70. The lowest BCUT2D eigenvalue weighted by atomic mass is 9.80. The van der Waals surface area contributed by atoms with Crippen molar-refractivity contribution in [3.8, 4) is 0 Å². The van der Waals surface area contributed by atoms with Gasteiger partial charge in [-0.2, -0.15) is 0 Å². The Morgan fingerprint density at radius 1 is 1.13 bits per heavy atom. The van der Waals surface area contributed by atoms with Crippen molar-refractivity contribution in [1.82, 2.24) is 0 Å². The van der Waals surface area contributed by atoms with E-state index in [9.17, 15) is 0 Å². The van der Waals surface area contributed by atoms with E-state index in [2.05, 4.69) is 65.1 Å². The van der Waals surface area contributed by atoms with Crippen molar-refractivity contribution in [3.63, 3.8) is 0 Å². The summed E-state index contributed by atoms with van der Waals surface area (Å²) >= 11 is 1.83. The van der Waals surface area contributed by atoms with E-state index in [0.717, 1.165) is 0 Å². The molecule has 0 bridgehead atoms. The van der Waals surface area contributed by atoms with Crippen molar-refractivity contribution in [2.24, 2.45) is 10.8 Å². The molecule has 0 aliphatic carbocycles. The third-order valence-electron chi connectivity index (χ3n) is 2.17. The Bertz CT molecular complexity index is 328. The first kappa shape index (κ1) is 12.5. The van der Waals surface area contributed by atoms with Gasteiger partial charge in [-0.3, -0.25) is 0 Å². The molecule has 0 N–H and O–H groups in total. The van der Waals surface area contributed by atoms with E-state index in [-0.39, 0.29) is 10.8 Å². The van der Waals surface area contributed by atoms with Crippen LogP contribution in [0.4, 0.5) is 0 Å². The fourth-order valence-electron chi connectivity index (χ4n) is 1.52. The Kier molecular flexibility index (Phi) is 3.44. The van der Waals surface area contributed by atoms with Crippen LogP contribution in [0.25, 0.3) is 5.57 Å². The van der Waals surface area contributed by atoms with Gasteiger partial charge in [0, 0.05) is 4.88 Å². The highest BCUT2D eigenvalue weighted by Gasteiger charge is 2.22. The highest BCUT2D eigenvalue weighted by Crippen LogP contribution is 2.39. The van der Waals surface area contributed by atoms with Crippen LogP contribution in [-0.4, -0.2) is 0 Å². The molecule has 0 unspecified atom stereocenters. The molecule has 0 aliphatic heterocycles. The second kappa shape index (κ2) is 4.13. The zero-order valence-electron chi connectivity index (χ0n) is 10.7. The summed E-state index contributed by atoms with van der Waals surface area (Å²) in [5.74, 6) is 0. The lowest BCUT2D eigenvalue weighted by Gasteiger charge is -2.26. The minimum Gasteiger partial charge on any atom is -0.144 e. The maximum atomic E-state index is 2.40. The number of hydrogen-bond acceptors (Lipinski definition) is 1. The average molecular weight is 222 g/mol. The second-order valence-corrected chi connectivity index (χ2v) is 7.10. The second-order valence-electron chi connectivity index (χ2n) is 6.15. The molecule has 15 heavy (non-hydrogen) atoms. The van der Waals surface area contributed by atoms with Crippen LogP contribution in [0.5, 0.6) is 0 Å². The molecule has 0 amide bonds. The molecule has 1 heterocycles. The van der Waals surface area contributed by atoms with Crippen LogP contribution in [-0.2, 0) is 0 Å². The Morgan fingerprint density at radius 2 is 1.73 bits per heavy atom. The number of thiophene rings is 1. The molecule has 0 nitrogen and oxygen atoms in total. The summed E-state index contributed by atoms with van der Waals surface area (Å²) in [6, 6.07) is 4.34. The van der Waals surface area contributed by atoms with Crippen LogP contribution in [0.3, 0.4) is 0 Å². The smallest absolute Gasteiger partial charge is 0.0304 e. The SMILES string of the molecule is CC(C)(C)/C=C(/c1cccs1)C(C)(C)C. The van der Waals surface area contributed by atoms with E-state index in [1.54, 1.807) is 0 Å². The number of allylic oxidation sites excluding steroid dienone is 2. The summed E-state index contributed by atoms with van der Waals surface area (Å²) in [7, 11) is 0. The molecule has 1 rings (SSSR count). The van der Waals surface area contributed by atoms with Crippen LogP contribution in [0.2, 0.25) is 0 Å². The fraction of sp³-hybridized carbons (Fsp3) is 0.571. The molecule has 1 heteroatoms. The van der Waals surface area contributed by atoms with Crippen LogP contribution >= 0.6 is 11.3 Å². The molecule has 1 aromatic heterocycles. The topological polar surface area (TPSA) is 0 Å². The van der Waals surface area contributed by atoms with E-state index < -0.39 is 0 Å². The third-order valence-corrected chi connectivity index (χ3v) is 3.08. The van der Waals surface area contributed by atoms with E-state index in [1.165, 1.54) is 10.5 Å². The van der Waals surface area contributed by atoms with Crippen molar-refractivity contribution in [3.05, 3.63) is 28.5 Å². The van der Waals surface area contributed by atoms with Crippen LogP contribution < -0.4 is 0 Å². The fourth-order valence-corrected chi connectivity index (χ4v) is 2.48. The van der Waals surface area contributed by atoms with Gasteiger partial charge in [-0.05, 0) is 27.8 Å². The highest BCUT2D eigenvalue weighted by molar-refractivity contribution is 7.11. The maximum absolute atomic E-state index is 2.40. The lowest BCUT2D eigenvalue weighted by molar-refractivity contribution is 0.518. The molecule has 0 radical (unpaired) electrons. The zero-order valence-corrected chi connectivity index (χ0v) is 11.5. The van der Waals surface area contributed by atoms with Gasteiger partial charge >= 0.3 is 0 Å². The van der Waals surface area contributed by atoms with E-state index in [1.807, 2.05) is 11.3 Å². The molecule has 0 aliphatic rings. The largest absolute Gasteiger partial charge is 0.144 e. The Hall–Kier alpha value is -0.560. The van der Waals surface area contributed by atoms with Crippen molar-refractivity contribution >= 4 is 16.9 Å². The van der Waals surface area contributed by atoms with E-state index >= 15 is 0 Å². The first-order valence-corrected chi connectivity index (χ1v) is 6.35. The van der Waals surface area contributed by atoms with Crippen LogP contribution in [0, 0.1) is 10.8 Å². The normalized spacial score (nSPS) is 14.4. The zero-order chi connectivity index (χ0) is 11.7. The van der Waals surface area contributed by atoms with Crippen molar-refractivity contribution in [1.29, 1.82) is 0 Å². The average Bonchev–Trinajstić information content (AvgIpc) is 2.47. The van der Waals surface area contributed by atoms with Gasteiger partial charge in [0.25, 0.3) is 0 Å². The Balaban J connectivity index is 3.17. The molecular formula is C14H22S. The first-order valence-electron chi connectivity index (χ1n) is 5.47. The summed E-state index contributed by atoms with van der Waals surface area (Å²) < 4.78 is 0. The molecule has 84 valence electrons. The van der Waals surface area contributed by atoms with Gasteiger partial charge in [0.15, 0.2) is 0 Å². The van der Waals surface area contributed by atoms with Crippen molar-refractivity contribution in [2.75, 3.05) is 0 Å². The standard InChI is InChI=1S/C14H22S/c1-13(2,3)10-11(14(4,5)6)12-8-7-9-15-12/h7-10H,1-6H3/b11-10-. The van der Waals surface area contributed by atoms with Gasteiger partial charge in [-0.1, -0.05) is 53.7 Å². The molecule has 0 saturated carbocycles. The third kappa shape index (κ3) is 3.83. The molecule has 0 aromatic carbocycles. The predicted molar refractivity (Wildman–Crippen MR) is 71.2 cm³/mol.